The topological polar surface area (TPSA) is 69.8 Å². The highest BCUT2D eigenvalue weighted by Gasteiger charge is 2.17. The molecule has 2 N–H and O–H groups in total. The van der Waals surface area contributed by atoms with Crippen molar-refractivity contribution in [3.63, 3.8) is 0 Å². The van der Waals surface area contributed by atoms with Crippen molar-refractivity contribution in [3.8, 4) is 0 Å². The van der Waals surface area contributed by atoms with Gasteiger partial charge < -0.3 is 15.5 Å². The molecule has 2 aromatic rings. The first-order valence-corrected chi connectivity index (χ1v) is 10.3. The molecule has 0 spiro atoms. The first-order valence-electron chi connectivity index (χ1n) is 10.3. The van der Waals surface area contributed by atoms with Gasteiger partial charge in [-0.15, -0.1) is 10.2 Å². The van der Waals surface area contributed by atoms with Crippen LogP contribution < -0.4 is 10.6 Å². The zero-order valence-electron chi connectivity index (χ0n) is 16.7. The van der Waals surface area contributed by atoms with Gasteiger partial charge in [0.25, 0.3) is 0 Å². The molecule has 0 atom stereocenters. The Morgan fingerprint density at radius 1 is 1.22 bits per heavy atom. The third-order valence-electron chi connectivity index (χ3n) is 5.29. The highest BCUT2D eigenvalue weighted by atomic mass is 15.3. The normalized spacial score (nSPS) is 16.2. The molecule has 0 aromatic carbocycles. The quantitative estimate of drug-likeness (QED) is 0.424. The standard InChI is InChI=1S/C20H33N7/c1-3-21-20(22-13-9-14-26(2)17-10-5-4-6-11-17)23-16-19-25-24-18-12-7-8-15-27(18)19/h7-8,12,15,17H,3-6,9-11,13-14,16H2,1-2H3,(H2,21,22,23). The van der Waals surface area contributed by atoms with Gasteiger partial charge in [-0.1, -0.05) is 25.3 Å². The van der Waals surface area contributed by atoms with E-state index in [9.17, 15) is 0 Å². The molecule has 0 aliphatic heterocycles. The average molecular weight is 372 g/mol. The molecule has 0 radical (unpaired) electrons. The van der Waals surface area contributed by atoms with Crippen LogP contribution in [-0.2, 0) is 6.54 Å². The molecule has 0 unspecified atom stereocenters. The van der Waals surface area contributed by atoms with Crippen LogP contribution in [0.3, 0.4) is 0 Å². The molecule has 2 heterocycles. The molecular formula is C20H33N7. The van der Waals surface area contributed by atoms with E-state index < -0.39 is 0 Å². The number of aliphatic imine (C=N–C) groups is 1. The van der Waals surface area contributed by atoms with Gasteiger partial charge >= 0.3 is 0 Å². The fraction of sp³-hybridized carbons (Fsp3) is 0.650. The van der Waals surface area contributed by atoms with E-state index in [1.807, 2.05) is 28.8 Å². The zero-order valence-corrected chi connectivity index (χ0v) is 16.7. The molecule has 0 bridgehead atoms. The lowest BCUT2D eigenvalue weighted by molar-refractivity contribution is 0.190. The third kappa shape index (κ3) is 5.66. The molecule has 7 nitrogen and oxygen atoms in total. The second-order valence-electron chi connectivity index (χ2n) is 7.29. The van der Waals surface area contributed by atoms with Crippen LogP contribution in [0.4, 0.5) is 0 Å². The summed E-state index contributed by atoms with van der Waals surface area (Å²) in [7, 11) is 2.27. The van der Waals surface area contributed by atoms with Gasteiger partial charge in [0.1, 0.15) is 6.54 Å². The Labute approximate surface area is 162 Å². The van der Waals surface area contributed by atoms with Crippen LogP contribution in [0.25, 0.3) is 5.65 Å². The molecule has 7 heteroatoms. The molecular weight excluding hydrogens is 338 g/mol. The maximum atomic E-state index is 4.67. The summed E-state index contributed by atoms with van der Waals surface area (Å²) in [5.41, 5.74) is 0.853. The molecule has 27 heavy (non-hydrogen) atoms. The number of nitrogens with zero attached hydrogens (tertiary/aromatic N) is 5. The van der Waals surface area contributed by atoms with Gasteiger partial charge in [-0.05, 0) is 51.9 Å². The van der Waals surface area contributed by atoms with Crippen molar-refractivity contribution in [1.82, 2.24) is 30.1 Å². The van der Waals surface area contributed by atoms with Gasteiger partial charge in [0.2, 0.25) is 0 Å². The number of nitrogens with one attached hydrogen (secondary N) is 2. The van der Waals surface area contributed by atoms with Crippen molar-refractivity contribution in [2.45, 2.75) is 58.0 Å². The van der Waals surface area contributed by atoms with Crippen LogP contribution in [0.5, 0.6) is 0 Å². The fourth-order valence-electron chi connectivity index (χ4n) is 3.73. The first kappa shape index (κ1) is 19.6. The molecule has 1 aliphatic rings. The Balaban J connectivity index is 1.46. The predicted molar refractivity (Wildman–Crippen MR) is 110 cm³/mol. The van der Waals surface area contributed by atoms with Crippen LogP contribution in [-0.4, -0.2) is 58.2 Å². The second-order valence-corrected chi connectivity index (χ2v) is 7.29. The number of hydrogen-bond donors (Lipinski definition) is 2. The summed E-state index contributed by atoms with van der Waals surface area (Å²) in [6.45, 7) is 5.48. The summed E-state index contributed by atoms with van der Waals surface area (Å²) in [6.07, 6.45) is 10.0. The van der Waals surface area contributed by atoms with E-state index in [1.165, 1.54) is 32.1 Å². The molecule has 2 aromatic heterocycles. The van der Waals surface area contributed by atoms with Crippen molar-refractivity contribution >= 4 is 11.6 Å². The van der Waals surface area contributed by atoms with Crippen LogP contribution >= 0.6 is 0 Å². The van der Waals surface area contributed by atoms with E-state index in [0.29, 0.717) is 6.54 Å². The van der Waals surface area contributed by atoms with Gasteiger partial charge in [0.05, 0.1) is 0 Å². The Kier molecular flexibility index (Phi) is 7.45. The van der Waals surface area contributed by atoms with E-state index in [0.717, 1.165) is 49.5 Å². The average Bonchev–Trinajstić information content (AvgIpc) is 3.13. The Morgan fingerprint density at radius 2 is 2.07 bits per heavy atom. The number of hydrogen-bond acceptors (Lipinski definition) is 4. The molecule has 0 saturated heterocycles. The highest BCUT2D eigenvalue weighted by molar-refractivity contribution is 5.79. The van der Waals surface area contributed by atoms with Gasteiger partial charge in [-0.25, -0.2) is 4.99 Å². The SMILES string of the molecule is CCNC(=NCc1nnc2ccccn12)NCCCN(C)C1CCCCC1. The summed E-state index contributed by atoms with van der Waals surface area (Å²) in [6, 6.07) is 6.68. The molecule has 1 saturated carbocycles. The van der Waals surface area contributed by atoms with E-state index in [-0.39, 0.29) is 0 Å². The van der Waals surface area contributed by atoms with Crippen molar-refractivity contribution in [2.75, 3.05) is 26.7 Å². The van der Waals surface area contributed by atoms with Crippen LogP contribution in [0, 0.1) is 0 Å². The fourth-order valence-corrected chi connectivity index (χ4v) is 3.73. The van der Waals surface area contributed by atoms with Gasteiger partial charge in [0.15, 0.2) is 17.4 Å². The minimum atomic E-state index is 0.502. The van der Waals surface area contributed by atoms with Gasteiger partial charge in [-0.3, -0.25) is 4.40 Å². The number of guanidine groups is 1. The Hall–Kier alpha value is -2.15. The molecule has 148 valence electrons. The summed E-state index contributed by atoms with van der Waals surface area (Å²) in [5.74, 6) is 1.69. The number of pyridine rings is 1. The summed E-state index contributed by atoms with van der Waals surface area (Å²) in [4.78, 5) is 7.21. The third-order valence-corrected chi connectivity index (χ3v) is 5.29. The Morgan fingerprint density at radius 3 is 2.89 bits per heavy atom. The second kappa shape index (κ2) is 10.3. The first-order chi connectivity index (χ1) is 13.3. The lowest BCUT2D eigenvalue weighted by Gasteiger charge is -2.31. The molecule has 3 rings (SSSR count). The maximum Gasteiger partial charge on any atom is 0.191 e. The van der Waals surface area contributed by atoms with E-state index >= 15 is 0 Å². The number of rotatable bonds is 8. The van der Waals surface area contributed by atoms with Crippen molar-refractivity contribution in [1.29, 1.82) is 0 Å². The monoisotopic (exact) mass is 371 g/mol. The molecule has 1 aliphatic carbocycles. The van der Waals surface area contributed by atoms with E-state index in [4.69, 9.17) is 0 Å². The van der Waals surface area contributed by atoms with Crippen LogP contribution in [0.15, 0.2) is 29.4 Å². The summed E-state index contributed by atoms with van der Waals surface area (Å²) < 4.78 is 1.98. The van der Waals surface area contributed by atoms with Gasteiger partial charge in [0, 0.05) is 25.3 Å². The summed E-state index contributed by atoms with van der Waals surface area (Å²) >= 11 is 0. The smallest absolute Gasteiger partial charge is 0.191 e. The number of aromatic nitrogens is 3. The predicted octanol–water partition coefficient (Wildman–Crippen LogP) is 2.44. The highest BCUT2D eigenvalue weighted by Crippen LogP contribution is 2.21. The maximum absolute atomic E-state index is 4.67. The van der Waals surface area contributed by atoms with Crippen molar-refractivity contribution in [3.05, 3.63) is 30.2 Å². The minimum Gasteiger partial charge on any atom is -0.357 e. The van der Waals surface area contributed by atoms with Crippen LogP contribution in [0.1, 0.15) is 51.3 Å². The summed E-state index contributed by atoms with van der Waals surface area (Å²) in [5, 5.41) is 15.2. The molecule has 1 fully saturated rings. The number of fused-ring (bicyclic) bond motifs is 1. The van der Waals surface area contributed by atoms with Crippen molar-refractivity contribution in [2.24, 2.45) is 4.99 Å². The molecule has 0 amide bonds. The van der Waals surface area contributed by atoms with Gasteiger partial charge in [-0.2, -0.15) is 0 Å². The largest absolute Gasteiger partial charge is 0.357 e. The lowest BCUT2D eigenvalue weighted by Crippen LogP contribution is -2.39. The van der Waals surface area contributed by atoms with E-state index in [1.54, 1.807) is 0 Å². The van der Waals surface area contributed by atoms with Crippen LogP contribution in [0.2, 0.25) is 0 Å². The lowest BCUT2D eigenvalue weighted by atomic mass is 9.94. The zero-order chi connectivity index (χ0) is 18.9. The minimum absolute atomic E-state index is 0.502. The van der Waals surface area contributed by atoms with Crippen molar-refractivity contribution < 1.29 is 0 Å². The Bertz CT molecular complexity index is 718. The van der Waals surface area contributed by atoms with E-state index in [2.05, 4.69) is 44.7 Å².